The van der Waals surface area contributed by atoms with Crippen LogP contribution in [0.5, 0.6) is 0 Å². The minimum atomic E-state index is 0.00830. The Hall–Kier alpha value is -3.13. The smallest absolute Gasteiger partial charge is 0.133 e. The number of amidine groups is 1. The molecule has 0 fully saturated rings. The first-order chi connectivity index (χ1) is 12.3. The molecule has 0 aromatic heterocycles. The Bertz CT molecular complexity index is 907. The van der Waals surface area contributed by atoms with Gasteiger partial charge < -0.3 is 5.32 Å². The Labute approximate surface area is 148 Å². The maximum absolute atomic E-state index is 4.96. The van der Waals surface area contributed by atoms with Gasteiger partial charge in [0.2, 0.25) is 0 Å². The van der Waals surface area contributed by atoms with Gasteiger partial charge in [0, 0.05) is 11.3 Å². The molecular weight excluding hydrogens is 304 g/mol. The molecule has 1 unspecified atom stereocenters. The van der Waals surface area contributed by atoms with E-state index in [9.17, 15) is 0 Å². The number of hydrogen-bond donors (Lipinski definition) is 1. The summed E-state index contributed by atoms with van der Waals surface area (Å²) in [6, 6.07) is 29.3. The van der Waals surface area contributed by atoms with Gasteiger partial charge in [0.25, 0.3) is 0 Å². The van der Waals surface area contributed by atoms with Crippen molar-refractivity contribution in [3.8, 4) is 0 Å². The van der Waals surface area contributed by atoms with Crippen LogP contribution in [-0.2, 0) is 0 Å². The first-order valence-corrected chi connectivity index (χ1v) is 8.54. The van der Waals surface area contributed by atoms with Crippen molar-refractivity contribution in [3.63, 3.8) is 0 Å². The van der Waals surface area contributed by atoms with Gasteiger partial charge in [-0.05, 0) is 24.1 Å². The van der Waals surface area contributed by atoms with Crippen LogP contribution in [0, 0.1) is 6.92 Å². The van der Waals surface area contributed by atoms with Gasteiger partial charge in [0.1, 0.15) is 5.84 Å². The lowest BCUT2D eigenvalue weighted by Crippen LogP contribution is -2.27. The topological polar surface area (TPSA) is 24.4 Å². The second-order valence-corrected chi connectivity index (χ2v) is 6.27. The summed E-state index contributed by atoms with van der Waals surface area (Å²) in [6.07, 6.45) is 2.20. The molecule has 2 heteroatoms. The molecular formula is C23H20N2. The van der Waals surface area contributed by atoms with Crippen LogP contribution in [0.2, 0.25) is 0 Å². The third kappa shape index (κ3) is 3.38. The molecule has 0 aliphatic carbocycles. The Morgan fingerprint density at radius 1 is 0.720 bits per heavy atom. The van der Waals surface area contributed by atoms with Crippen molar-refractivity contribution in [2.24, 2.45) is 4.99 Å². The quantitative estimate of drug-likeness (QED) is 0.710. The molecule has 0 amide bonds. The lowest BCUT2D eigenvalue weighted by molar-refractivity contribution is 0.880. The average molecular weight is 324 g/mol. The summed E-state index contributed by atoms with van der Waals surface area (Å²) in [5.41, 5.74) is 5.82. The molecule has 1 atom stereocenters. The maximum atomic E-state index is 4.96. The monoisotopic (exact) mass is 324 g/mol. The highest BCUT2D eigenvalue weighted by Crippen LogP contribution is 2.28. The molecule has 3 aromatic carbocycles. The third-order valence-electron chi connectivity index (χ3n) is 4.40. The molecule has 4 rings (SSSR count). The SMILES string of the molecule is Cc1ccc(C2=NC(c3ccccc3)C=C(c3ccccc3)N2)cc1. The van der Waals surface area contributed by atoms with E-state index in [1.807, 2.05) is 12.1 Å². The average Bonchev–Trinajstić information content (AvgIpc) is 2.69. The van der Waals surface area contributed by atoms with Gasteiger partial charge in [-0.3, -0.25) is 4.99 Å². The van der Waals surface area contributed by atoms with Crippen molar-refractivity contribution in [2.45, 2.75) is 13.0 Å². The van der Waals surface area contributed by atoms with Crippen LogP contribution in [-0.4, -0.2) is 5.84 Å². The van der Waals surface area contributed by atoms with E-state index in [0.717, 1.165) is 17.1 Å². The number of hydrogen-bond acceptors (Lipinski definition) is 2. The zero-order chi connectivity index (χ0) is 17.1. The molecule has 1 heterocycles. The van der Waals surface area contributed by atoms with E-state index >= 15 is 0 Å². The Morgan fingerprint density at radius 3 is 2.04 bits per heavy atom. The van der Waals surface area contributed by atoms with Gasteiger partial charge in [-0.1, -0.05) is 90.5 Å². The van der Waals surface area contributed by atoms with E-state index in [0.29, 0.717) is 0 Å². The predicted octanol–water partition coefficient (Wildman–Crippen LogP) is 5.13. The first-order valence-electron chi connectivity index (χ1n) is 8.54. The number of nitrogens with zero attached hydrogens (tertiary/aromatic N) is 1. The van der Waals surface area contributed by atoms with Crippen LogP contribution >= 0.6 is 0 Å². The maximum Gasteiger partial charge on any atom is 0.133 e. The van der Waals surface area contributed by atoms with Crippen LogP contribution in [0.15, 0.2) is 96.0 Å². The lowest BCUT2D eigenvalue weighted by atomic mass is 10.0. The predicted molar refractivity (Wildman–Crippen MR) is 104 cm³/mol. The fourth-order valence-electron chi connectivity index (χ4n) is 3.00. The van der Waals surface area contributed by atoms with E-state index in [1.165, 1.54) is 16.7 Å². The number of aliphatic imine (C=N–C) groups is 1. The molecule has 0 radical (unpaired) electrons. The van der Waals surface area contributed by atoms with Gasteiger partial charge in [-0.2, -0.15) is 0 Å². The van der Waals surface area contributed by atoms with E-state index < -0.39 is 0 Å². The van der Waals surface area contributed by atoms with Gasteiger partial charge in [0.05, 0.1) is 6.04 Å². The number of aryl methyl sites for hydroxylation is 1. The summed E-state index contributed by atoms with van der Waals surface area (Å²) in [5.74, 6) is 0.912. The van der Waals surface area contributed by atoms with Crippen molar-refractivity contribution >= 4 is 11.5 Å². The molecule has 3 aromatic rings. The normalized spacial score (nSPS) is 16.6. The minimum absolute atomic E-state index is 0.00830. The van der Waals surface area contributed by atoms with Crippen LogP contribution in [0.4, 0.5) is 0 Å². The van der Waals surface area contributed by atoms with Crippen molar-refractivity contribution in [2.75, 3.05) is 0 Å². The molecule has 0 saturated carbocycles. The number of nitrogens with one attached hydrogen (secondary N) is 1. The summed E-state index contributed by atoms with van der Waals surface area (Å²) in [6.45, 7) is 2.10. The fraction of sp³-hybridized carbons (Fsp3) is 0.0870. The highest BCUT2D eigenvalue weighted by atomic mass is 15.0. The van der Waals surface area contributed by atoms with Crippen molar-refractivity contribution in [1.29, 1.82) is 0 Å². The van der Waals surface area contributed by atoms with E-state index in [1.54, 1.807) is 0 Å². The Morgan fingerprint density at radius 2 is 1.36 bits per heavy atom. The molecule has 0 bridgehead atoms. The zero-order valence-corrected chi connectivity index (χ0v) is 14.2. The van der Waals surface area contributed by atoms with Gasteiger partial charge in [0.15, 0.2) is 0 Å². The molecule has 0 saturated heterocycles. The van der Waals surface area contributed by atoms with Crippen molar-refractivity contribution in [1.82, 2.24) is 5.32 Å². The lowest BCUT2D eigenvalue weighted by Gasteiger charge is -2.23. The Balaban J connectivity index is 1.77. The molecule has 2 nitrogen and oxygen atoms in total. The standard InChI is InChI=1S/C23H20N2/c1-17-12-14-20(15-13-17)23-24-21(18-8-4-2-5-9-18)16-22(25-23)19-10-6-3-7-11-19/h2-16,21H,1H3,(H,24,25). The number of benzene rings is 3. The second kappa shape index (κ2) is 6.78. The van der Waals surface area contributed by atoms with Crippen LogP contribution < -0.4 is 5.32 Å². The van der Waals surface area contributed by atoms with E-state index in [4.69, 9.17) is 4.99 Å². The van der Waals surface area contributed by atoms with Crippen LogP contribution in [0.1, 0.15) is 28.3 Å². The van der Waals surface area contributed by atoms with Crippen LogP contribution in [0.3, 0.4) is 0 Å². The summed E-state index contributed by atoms with van der Waals surface area (Å²) in [5, 5.41) is 3.52. The third-order valence-corrected chi connectivity index (χ3v) is 4.40. The highest BCUT2D eigenvalue weighted by molar-refractivity contribution is 6.04. The van der Waals surface area contributed by atoms with Crippen molar-refractivity contribution < 1.29 is 0 Å². The number of rotatable bonds is 3. The van der Waals surface area contributed by atoms with Crippen molar-refractivity contribution in [3.05, 3.63) is 113 Å². The summed E-state index contributed by atoms with van der Waals surface area (Å²) in [7, 11) is 0. The fourth-order valence-corrected chi connectivity index (χ4v) is 3.00. The molecule has 1 N–H and O–H groups in total. The summed E-state index contributed by atoms with van der Waals surface area (Å²) < 4.78 is 0. The van der Waals surface area contributed by atoms with Gasteiger partial charge >= 0.3 is 0 Å². The summed E-state index contributed by atoms with van der Waals surface area (Å²) >= 11 is 0. The van der Waals surface area contributed by atoms with Crippen LogP contribution in [0.25, 0.3) is 5.70 Å². The molecule has 25 heavy (non-hydrogen) atoms. The Kier molecular flexibility index (Phi) is 4.17. The van der Waals surface area contributed by atoms with Gasteiger partial charge in [-0.25, -0.2) is 0 Å². The van der Waals surface area contributed by atoms with Gasteiger partial charge in [-0.15, -0.1) is 0 Å². The highest BCUT2D eigenvalue weighted by Gasteiger charge is 2.18. The first kappa shape index (κ1) is 15.4. The molecule has 0 spiro atoms. The zero-order valence-electron chi connectivity index (χ0n) is 14.2. The molecule has 1 aliphatic rings. The summed E-state index contributed by atoms with van der Waals surface area (Å²) in [4.78, 5) is 4.96. The van der Waals surface area contributed by atoms with E-state index in [2.05, 4.69) is 91.1 Å². The minimum Gasteiger partial charge on any atom is -0.340 e. The van der Waals surface area contributed by atoms with E-state index in [-0.39, 0.29) is 6.04 Å². The second-order valence-electron chi connectivity index (χ2n) is 6.27. The molecule has 122 valence electrons. The largest absolute Gasteiger partial charge is 0.340 e. The molecule has 1 aliphatic heterocycles.